The Morgan fingerprint density at radius 1 is 0.224 bits per heavy atom. The van der Waals surface area contributed by atoms with E-state index in [1.807, 2.05) is 42.5 Å². The summed E-state index contributed by atoms with van der Waals surface area (Å²) in [6.07, 6.45) is 7.14. The molecule has 0 saturated heterocycles. The molecule has 7 aromatic heterocycles. The number of nitrogens with zero attached hydrogens (tertiary/aromatic N) is 11. The maximum absolute atomic E-state index is 5.36. The minimum Gasteiger partial charge on any atom is -0.309 e. The van der Waals surface area contributed by atoms with Gasteiger partial charge in [0.2, 0.25) is 11.9 Å². The molecule has 0 atom stereocenters. The third kappa shape index (κ3) is 6.32. The summed E-state index contributed by atoms with van der Waals surface area (Å²) < 4.78 is 8.98. The number of benzene rings is 9. The molecule has 9 aromatic carbocycles. The molecule has 0 aliphatic heterocycles. The molecule has 11 nitrogen and oxygen atoms in total. The SMILES string of the molecule is c1ccc(-c2nc(-c3ccc4c(c3)c3cc(-n5c6ccccc6c6ccccc65)ccc3n4-c3ncccn3)nc(-c3ccc4c(c3)c3cc(-n5c6ccccc6c6ccccc65)ccc3n4-c3ncccn3)n2)cc1. The highest BCUT2D eigenvalue weighted by Crippen LogP contribution is 2.41. The molecule has 0 fully saturated rings. The van der Waals surface area contributed by atoms with Gasteiger partial charge in [0.05, 0.1) is 44.1 Å². The van der Waals surface area contributed by atoms with Crippen molar-refractivity contribution < 1.29 is 0 Å². The van der Waals surface area contributed by atoms with Gasteiger partial charge in [-0.15, -0.1) is 0 Å². The van der Waals surface area contributed by atoms with Gasteiger partial charge in [0.1, 0.15) is 0 Å². The monoisotopic (exact) mass is 973 g/mol. The number of para-hydroxylation sites is 4. The third-order valence-electron chi connectivity index (χ3n) is 14.9. The van der Waals surface area contributed by atoms with Crippen molar-refractivity contribution in [3.8, 4) is 57.4 Å². The van der Waals surface area contributed by atoms with E-state index in [0.717, 1.165) is 93.7 Å². The van der Waals surface area contributed by atoms with Crippen molar-refractivity contribution in [2.45, 2.75) is 0 Å². The van der Waals surface area contributed by atoms with E-state index in [0.29, 0.717) is 29.4 Å². The summed E-state index contributed by atoms with van der Waals surface area (Å²) >= 11 is 0. The van der Waals surface area contributed by atoms with E-state index in [4.69, 9.17) is 34.9 Å². The predicted molar refractivity (Wildman–Crippen MR) is 305 cm³/mol. The molecule has 0 N–H and O–H groups in total. The van der Waals surface area contributed by atoms with Crippen molar-refractivity contribution in [3.63, 3.8) is 0 Å². The van der Waals surface area contributed by atoms with Crippen LogP contribution in [0, 0.1) is 0 Å². The van der Waals surface area contributed by atoms with Crippen LogP contribution in [-0.2, 0) is 0 Å². The lowest BCUT2D eigenvalue weighted by Gasteiger charge is -2.10. The first-order valence-electron chi connectivity index (χ1n) is 25.2. The number of rotatable bonds is 7. The summed E-state index contributed by atoms with van der Waals surface area (Å²) in [5, 5.41) is 8.96. The first-order valence-corrected chi connectivity index (χ1v) is 25.2. The minimum absolute atomic E-state index is 0.551. The van der Waals surface area contributed by atoms with Crippen LogP contribution in [0.3, 0.4) is 0 Å². The second kappa shape index (κ2) is 16.4. The van der Waals surface area contributed by atoms with Crippen LogP contribution >= 0.6 is 0 Å². The standard InChI is InChI=1S/C65H39N11/c1-2-14-40(15-3-1)61-70-62(41-24-28-57-49(36-41)51-38-43(26-30-59(51)75(57)64-66-32-12-33-67-64)73-53-20-8-4-16-45(53)46-17-5-9-21-54(46)73)72-63(71-61)42-25-29-58-50(37-42)52-39-44(27-31-60(52)76(58)65-68-34-13-35-69-65)74-55-22-10-6-18-47(55)48-19-7-11-23-56(48)74/h1-39H. The van der Waals surface area contributed by atoms with Crippen molar-refractivity contribution in [1.29, 1.82) is 0 Å². The summed E-state index contributed by atoms with van der Waals surface area (Å²) in [4.78, 5) is 34.9. The van der Waals surface area contributed by atoms with Crippen LogP contribution in [0.1, 0.15) is 0 Å². The lowest BCUT2D eigenvalue weighted by Crippen LogP contribution is -2.01. The molecule has 0 aliphatic rings. The number of aromatic nitrogens is 11. The second-order valence-electron chi connectivity index (χ2n) is 19.0. The zero-order chi connectivity index (χ0) is 49.8. The van der Waals surface area contributed by atoms with Crippen LogP contribution in [0.15, 0.2) is 237 Å². The van der Waals surface area contributed by atoms with Crippen LogP contribution < -0.4 is 0 Å². The highest BCUT2D eigenvalue weighted by atomic mass is 15.2. The van der Waals surface area contributed by atoms with E-state index in [2.05, 4.69) is 188 Å². The minimum atomic E-state index is 0.551. The number of fused-ring (bicyclic) bond motifs is 12. The fraction of sp³-hybridized carbons (Fsp3) is 0. The fourth-order valence-electron chi connectivity index (χ4n) is 11.6. The Morgan fingerprint density at radius 2 is 0.539 bits per heavy atom. The number of hydrogen-bond donors (Lipinski definition) is 0. The van der Waals surface area contributed by atoms with Gasteiger partial charge in [-0.05, 0) is 109 Å². The summed E-state index contributed by atoms with van der Waals surface area (Å²) in [7, 11) is 0. The molecule has 0 amide bonds. The van der Waals surface area contributed by atoms with Gasteiger partial charge < -0.3 is 9.13 Å². The molecule has 7 heterocycles. The van der Waals surface area contributed by atoms with E-state index in [-0.39, 0.29) is 0 Å². The molecule has 0 bridgehead atoms. The lowest BCUT2D eigenvalue weighted by atomic mass is 10.1. The van der Waals surface area contributed by atoms with Crippen LogP contribution in [0.5, 0.6) is 0 Å². The molecule has 0 unspecified atom stereocenters. The summed E-state index contributed by atoms with van der Waals surface area (Å²) in [5.74, 6) is 2.85. The molecule has 11 heteroatoms. The molecule has 16 rings (SSSR count). The van der Waals surface area contributed by atoms with Gasteiger partial charge in [-0.1, -0.05) is 103 Å². The Morgan fingerprint density at radius 3 is 0.934 bits per heavy atom. The molecule has 354 valence electrons. The highest BCUT2D eigenvalue weighted by molar-refractivity contribution is 6.14. The van der Waals surface area contributed by atoms with Gasteiger partial charge >= 0.3 is 0 Å². The van der Waals surface area contributed by atoms with Crippen molar-refractivity contribution in [3.05, 3.63) is 237 Å². The predicted octanol–water partition coefficient (Wildman–Crippen LogP) is 14.8. The van der Waals surface area contributed by atoms with Crippen LogP contribution in [-0.4, -0.2) is 53.2 Å². The van der Waals surface area contributed by atoms with Crippen molar-refractivity contribution in [2.75, 3.05) is 0 Å². The molecule has 0 radical (unpaired) electrons. The summed E-state index contributed by atoms with van der Waals surface area (Å²) in [6.45, 7) is 0. The molecule has 0 spiro atoms. The normalized spacial score (nSPS) is 11.9. The Hall–Kier alpha value is -10.7. The Kier molecular flexibility index (Phi) is 9.06. The Balaban J connectivity index is 0.909. The molecule has 16 aromatic rings. The van der Waals surface area contributed by atoms with E-state index in [9.17, 15) is 0 Å². The fourth-order valence-corrected chi connectivity index (χ4v) is 11.6. The summed E-state index contributed by atoms with van der Waals surface area (Å²) in [5.41, 5.74) is 13.2. The molecule has 0 saturated carbocycles. The Labute approximate surface area is 432 Å². The van der Waals surface area contributed by atoms with Gasteiger partial charge in [-0.2, -0.15) is 0 Å². The molecular weight excluding hydrogens is 935 g/mol. The van der Waals surface area contributed by atoms with Crippen molar-refractivity contribution in [2.24, 2.45) is 0 Å². The molecular formula is C65H39N11. The van der Waals surface area contributed by atoms with Gasteiger partial charge in [0.25, 0.3) is 0 Å². The lowest BCUT2D eigenvalue weighted by molar-refractivity contribution is 0.988. The average Bonchev–Trinajstić information content (AvgIpc) is 4.37. The average molecular weight is 974 g/mol. The van der Waals surface area contributed by atoms with E-state index in [1.54, 1.807) is 24.8 Å². The number of hydrogen-bond acceptors (Lipinski definition) is 7. The largest absolute Gasteiger partial charge is 0.309 e. The van der Waals surface area contributed by atoms with Crippen LogP contribution in [0.25, 0.3) is 145 Å². The zero-order valence-electron chi connectivity index (χ0n) is 40.4. The summed E-state index contributed by atoms with van der Waals surface area (Å²) in [6, 6.07) is 74.4. The van der Waals surface area contributed by atoms with Crippen LogP contribution in [0.4, 0.5) is 0 Å². The second-order valence-corrected chi connectivity index (χ2v) is 19.0. The maximum atomic E-state index is 5.36. The van der Waals surface area contributed by atoms with Gasteiger partial charge in [-0.25, -0.2) is 34.9 Å². The first kappa shape index (κ1) is 41.9. The molecule has 0 aliphatic carbocycles. The van der Waals surface area contributed by atoms with Crippen molar-refractivity contribution in [1.82, 2.24) is 53.2 Å². The van der Waals surface area contributed by atoms with E-state index >= 15 is 0 Å². The first-order chi connectivity index (χ1) is 37.7. The van der Waals surface area contributed by atoms with Gasteiger partial charge in [0, 0.05) is 95.9 Å². The van der Waals surface area contributed by atoms with Crippen LogP contribution in [0.2, 0.25) is 0 Å². The quantitative estimate of drug-likeness (QED) is 0.156. The highest BCUT2D eigenvalue weighted by Gasteiger charge is 2.22. The third-order valence-corrected chi connectivity index (χ3v) is 14.9. The Bertz CT molecular complexity index is 4600. The van der Waals surface area contributed by atoms with E-state index in [1.165, 1.54) is 21.5 Å². The smallest absolute Gasteiger partial charge is 0.234 e. The molecule has 76 heavy (non-hydrogen) atoms. The van der Waals surface area contributed by atoms with Gasteiger partial charge in [0.15, 0.2) is 17.5 Å². The van der Waals surface area contributed by atoms with Crippen molar-refractivity contribution >= 4 is 87.2 Å². The topological polar surface area (TPSA) is 110 Å². The van der Waals surface area contributed by atoms with E-state index < -0.39 is 0 Å². The maximum Gasteiger partial charge on any atom is 0.234 e. The van der Waals surface area contributed by atoms with Gasteiger partial charge in [-0.3, -0.25) is 9.13 Å². The zero-order valence-corrected chi connectivity index (χ0v) is 40.4.